The second-order valence-electron chi connectivity index (χ2n) is 1.00. The summed E-state index contributed by atoms with van der Waals surface area (Å²) in [7, 11) is 0. The Morgan fingerprint density at radius 3 is 2.57 bits per heavy atom. The molecule has 0 spiro atoms. The molecule has 2 heteroatoms. The second kappa shape index (κ2) is 4.41. The van der Waals surface area contributed by atoms with Crippen LogP contribution in [0.15, 0.2) is 23.8 Å². The van der Waals surface area contributed by atoms with Crippen LogP contribution in [0.25, 0.3) is 0 Å². The Labute approximate surface area is 57.0 Å². The number of hydrogen-bond acceptors (Lipinski definition) is 0. The Morgan fingerprint density at radius 2 is 2.43 bits per heavy atom. The number of rotatable bonds is 2. The van der Waals surface area contributed by atoms with Crippen LogP contribution in [-0.2, 0) is 0 Å². The molecule has 0 aliphatic carbocycles. The van der Waals surface area contributed by atoms with E-state index in [-0.39, 0.29) is 0 Å². The van der Waals surface area contributed by atoms with Crippen molar-refractivity contribution < 1.29 is 0 Å². The molecule has 0 bridgehead atoms. The highest BCUT2D eigenvalue weighted by molar-refractivity contribution is 9.09. The van der Waals surface area contributed by atoms with Gasteiger partial charge in [0, 0.05) is 10.4 Å². The molecule has 0 aliphatic rings. The normalized spacial score (nSPS) is 10.0. The maximum atomic E-state index is 5.35. The van der Waals surface area contributed by atoms with E-state index in [1.165, 1.54) is 0 Å². The molecule has 0 aromatic rings. The van der Waals surface area contributed by atoms with E-state index >= 15 is 0 Å². The molecule has 0 amide bonds. The van der Waals surface area contributed by atoms with Gasteiger partial charge in [0.2, 0.25) is 0 Å². The minimum absolute atomic E-state index is 0.569. The number of allylic oxidation sites excluding steroid dienone is 3. The van der Waals surface area contributed by atoms with E-state index in [1.54, 1.807) is 6.08 Å². The van der Waals surface area contributed by atoms with Crippen LogP contribution >= 0.6 is 27.5 Å². The molecular formula is C5H6BrCl. The van der Waals surface area contributed by atoms with Crippen LogP contribution in [0.4, 0.5) is 0 Å². The standard InChI is InChI=1S/C5H6BrCl/c1-5(7)3-2-4-6/h2-3H,1,4H2. The second-order valence-corrected chi connectivity index (χ2v) is 2.14. The van der Waals surface area contributed by atoms with Crippen LogP contribution in [0, 0.1) is 0 Å². The molecule has 0 saturated heterocycles. The van der Waals surface area contributed by atoms with Crippen LogP contribution in [0.2, 0.25) is 0 Å². The quantitative estimate of drug-likeness (QED) is 0.454. The zero-order valence-electron chi connectivity index (χ0n) is 3.82. The average Bonchev–Trinajstić information content (AvgIpc) is 1.61. The predicted molar refractivity (Wildman–Crippen MR) is 37.9 cm³/mol. The van der Waals surface area contributed by atoms with E-state index in [2.05, 4.69) is 22.5 Å². The molecule has 0 unspecified atom stereocenters. The Balaban J connectivity index is 3.26. The molecule has 7 heavy (non-hydrogen) atoms. The third kappa shape index (κ3) is 6.25. The van der Waals surface area contributed by atoms with Crippen molar-refractivity contribution in [3.8, 4) is 0 Å². The lowest BCUT2D eigenvalue weighted by molar-refractivity contribution is 1.77. The highest BCUT2D eigenvalue weighted by Crippen LogP contribution is 1.97. The first-order valence-corrected chi connectivity index (χ1v) is 3.34. The molecule has 0 heterocycles. The van der Waals surface area contributed by atoms with Crippen molar-refractivity contribution in [2.75, 3.05) is 5.33 Å². The fourth-order valence-electron chi connectivity index (χ4n) is 0.172. The van der Waals surface area contributed by atoms with Gasteiger partial charge in [-0.3, -0.25) is 0 Å². The lowest BCUT2D eigenvalue weighted by Crippen LogP contribution is -1.57. The van der Waals surface area contributed by atoms with Crippen molar-refractivity contribution in [2.24, 2.45) is 0 Å². The molecule has 0 saturated carbocycles. The van der Waals surface area contributed by atoms with Crippen molar-refractivity contribution in [1.82, 2.24) is 0 Å². The van der Waals surface area contributed by atoms with E-state index in [0.717, 1.165) is 5.33 Å². The highest BCUT2D eigenvalue weighted by atomic mass is 79.9. The van der Waals surface area contributed by atoms with Gasteiger partial charge in [0.25, 0.3) is 0 Å². The maximum absolute atomic E-state index is 5.35. The van der Waals surface area contributed by atoms with E-state index < -0.39 is 0 Å². The minimum atomic E-state index is 0.569. The van der Waals surface area contributed by atoms with Crippen LogP contribution in [0.1, 0.15) is 0 Å². The average molecular weight is 181 g/mol. The summed E-state index contributed by atoms with van der Waals surface area (Å²) >= 11 is 8.55. The molecule has 0 fully saturated rings. The Hall–Kier alpha value is 0.250. The fraction of sp³-hybridized carbons (Fsp3) is 0.200. The van der Waals surface area contributed by atoms with Crippen molar-refractivity contribution >= 4 is 27.5 Å². The number of hydrogen-bond donors (Lipinski definition) is 0. The van der Waals surface area contributed by atoms with Crippen molar-refractivity contribution in [1.29, 1.82) is 0 Å². The maximum Gasteiger partial charge on any atom is 0.0331 e. The monoisotopic (exact) mass is 180 g/mol. The molecule has 0 N–H and O–H groups in total. The van der Waals surface area contributed by atoms with E-state index in [4.69, 9.17) is 11.6 Å². The molecule has 0 nitrogen and oxygen atoms in total. The van der Waals surface area contributed by atoms with E-state index in [9.17, 15) is 0 Å². The van der Waals surface area contributed by atoms with Gasteiger partial charge in [-0.05, 0) is 6.08 Å². The topological polar surface area (TPSA) is 0 Å². The molecular weight excluding hydrogens is 175 g/mol. The molecule has 40 valence electrons. The first-order chi connectivity index (χ1) is 3.27. The summed E-state index contributed by atoms with van der Waals surface area (Å²) in [5, 5.41) is 1.40. The summed E-state index contributed by atoms with van der Waals surface area (Å²) < 4.78 is 0. The van der Waals surface area contributed by atoms with Gasteiger partial charge in [0.15, 0.2) is 0 Å². The van der Waals surface area contributed by atoms with Gasteiger partial charge >= 0.3 is 0 Å². The SMILES string of the molecule is C=C(Cl)C=CCBr. The molecule has 0 rings (SSSR count). The summed E-state index contributed by atoms with van der Waals surface area (Å²) in [5.41, 5.74) is 0. The van der Waals surface area contributed by atoms with Gasteiger partial charge in [-0.2, -0.15) is 0 Å². The van der Waals surface area contributed by atoms with Crippen molar-refractivity contribution in [3.63, 3.8) is 0 Å². The van der Waals surface area contributed by atoms with Gasteiger partial charge in [-0.15, -0.1) is 0 Å². The zero-order valence-corrected chi connectivity index (χ0v) is 6.17. The third-order valence-corrected chi connectivity index (χ3v) is 0.888. The first-order valence-electron chi connectivity index (χ1n) is 1.84. The molecule has 0 aliphatic heterocycles. The summed E-state index contributed by atoms with van der Waals surface area (Å²) in [6, 6.07) is 0. The molecule has 0 radical (unpaired) electrons. The van der Waals surface area contributed by atoms with Gasteiger partial charge in [-0.1, -0.05) is 40.2 Å². The van der Waals surface area contributed by atoms with Gasteiger partial charge in [0.1, 0.15) is 0 Å². The smallest absolute Gasteiger partial charge is 0.0331 e. The van der Waals surface area contributed by atoms with Crippen LogP contribution in [0.3, 0.4) is 0 Å². The van der Waals surface area contributed by atoms with Crippen molar-refractivity contribution in [2.45, 2.75) is 0 Å². The van der Waals surface area contributed by atoms with Crippen LogP contribution < -0.4 is 0 Å². The Bertz CT molecular complexity index is 86.1. The predicted octanol–water partition coefficient (Wildman–Crippen LogP) is 2.69. The highest BCUT2D eigenvalue weighted by Gasteiger charge is 1.71. The van der Waals surface area contributed by atoms with Crippen molar-refractivity contribution in [3.05, 3.63) is 23.8 Å². The molecule has 0 atom stereocenters. The van der Waals surface area contributed by atoms with E-state index in [0.29, 0.717) is 5.03 Å². The lowest BCUT2D eigenvalue weighted by atomic mass is 10.5. The number of alkyl halides is 1. The van der Waals surface area contributed by atoms with Gasteiger partial charge in [0.05, 0.1) is 0 Å². The zero-order chi connectivity index (χ0) is 5.70. The number of halogens is 2. The molecule has 0 aromatic heterocycles. The summed E-state index contributed by atoms with van der Waals surface area (Å²) in [5.74, 6) is 0. The Kier molecular flexibility index (Phi) is 4.57. The molecule has 0 aromatic carbocycles. The largest absolute Gasteiger partial charge is 0.0883 e. The summed E-state index contributed by atoms with van der Waals surface area (Å²) in [6.45, 7) is 3.45. The van der Waals surface area contributed by atoms with Crippen LogP contribution in [0.5, 0.6) is 0 Å². The fourth-order valence-corrected chi connectivity index (χ4v) is 0.448. The first kappa shape index (κ1) is 7.25. The van der Waals surface area contributed by atoms with Gasteiger partial charge in [-0.25, -0.2) is 0 Å². The summed E-state index contributed by atoms with van der Waals surface area (Å²) in [6.07, 6.45) is 3.63. The lowest BCUT2D eigenvalue weighted by Gasteiger charge is -1.76. The third-order valence-electron chi connectivity index (χ3n) is 0.388. The van der Waals surface area contributed by atoms with Crippen LogP contribution in [-0.4, -0.2) is 5.33 Å². The van der Waals surface area contributed by atoms with E-state index in [1.807, 2.05) is 6.08 Å². The van der Waals surface area contributed by atoms with Gasteiger partial charge < -0.3 is 0 Å². The minimum Gasteiger partial charge on any atom is -0.0883 e. The summed E-state index contributed by atoms with van der Waals surface area (Å²) in [4.78, 5) is 0. The Morgan fingerprint density at radius 1 is 1.86 bits per heavy atom.